The standard InChI is InChI=1S/C8H14N/c1-2-6-9-7-4-3-5-8-9/h4H,2,5-8H2,1H3. The number of nitrogens with zero attached hydrogens (tertiary/aromatic N) is 1. The van der Waals surface area contributed by atoms with Crippen molar-refractivity contribution in [2.75, 3.05) is 19.6 Å². The van der Waals surface area contributed by atoms with Crippen molar-refractivity contribution in [1.29, 1.82) is 0 Å². The lowest BCUT2D eigenvalue weighted by molar-refractivity contribution is 0.297. The number of rotatable bonds is 2. The zero-order valence-electron chi connectivity index (χ0n) is 6.06. The molecule has 1 heterocycles. The van der Waals surface area contributed by atoms with E-state index in [0.717, 1.165) is 13.0 Å². The Hall–Kier alpha value is -0.300. The molecule has 9 heavy (non-hydrogen) atoms. The Bertz CT molecular complexity index is 96.7. The lowest BCUT2D eigenvalue weighted by Crippen LogP contribution is -2.27. The summed E-state index contributed by atoms with van der Waals surface area (Å²) < 4.78 is 0. The van der Waals surface area contributed by atoms with Gasteiger partial charge < -0.3 is 0 Å². The maximum Gasteiger partial charge on any atom is 0.0169 e. The quantitative estimate of drug-likeness (QED) is 0.538. The van der Waals surface area contributed by atoms with E-state index >= 15 is 0 Å². The summed E-state index contributed by atoms with van der Waals surface area (Å²) >= 11 is 0. The Morgan fingerprint density at radius 3 is 3.11 bits per heavy atom. The molecule has 0 unspecified atom stereocenters. The smallest absolute Gasteiger partial charge is 0.0169 e. The van der Waals surface area contributed by atoms with E-state index in [1.54, 1.807) is 0 Å². The maximum absolute atomic E-state index is 3.21. The van der Waals surface area contributed by atoms with Crippen LogP contribution in [0.5, 0.6) is 0 Å². The van der Waals surface area contributed by atoms with Crippen LogP contribution in [0.3, 0.4) is 0 Å². The number of hydrogen-bond acceptors (Lipinski definition) is 1. The Labute approximate surface area is 57.4 Å². The predicted octanol–water partition coefficient (Wildman–Crippen LogP) is 1.46. The van der Waals surface area contributed by atoms with Crippen LogP contribution >= 0.6 is 0 Å². The zero-order chi connectivity index (χ0) is 6.53. The molecule has 0 amide bonds. The second kappa shape index (κ2) is 3.67. The van der Waals surface area contributed by atoms with Gasteiger partial charge >= 0.3 is 0 Å². The first-order valence-corrected chi connectivity index (χ1v) is 3.71. The summed E-state index contributed by atoms with van der Waals surface area (Å²) in [6.45, 7) is 5.80. The van der Waals surface area contributed by atoms with Crippen LogP contribution < -0.4 is 0 Å². The molecule has 0 bridgehead atoms. The third-order valence-corrected chi connectivity index (χ3v) is 1.61. The third-order valence-electron chi connectivity index (χ3n) is 1.61. The molecule has 0 aromatic carbocycles. The van der Waals surface area contributed by atoms with Crippen LogP contribution in [0.2, 0.25) is 0 Å². The molecule has 0 saturated heterocycles. The predicted molar refractivity (Wildman–Crippen MR) is 39.2 cm³/mol. The van der Waals surface area contributed by atoms with Crippen LogP contribution in [-0.4, -0.2) is 24.5 Å². The molecule has 0 aromatic rings. The highest BCUT2D eigenvalue weighted by Gasteiger charge is 2.02. The lowest BCUT2D eigenvalue weighted by Gasteiger charge is -2.21. The molecule has 0 spiro atoms. The average molecular weight is 124 g/mol. The van der Waals surface area contributed by atoms with Crippen molar-refractivity contribution in [3.05, 3.63) is 12.2 Å². The fraction of sp³-hybridized carbons (Fsp3) is 0.750. The summed E-state index contributed by atoms with van der Waals surface area (Å²) in [5, 5.41) is 0. The van der Waals surface area contributed by atoms with Crippen LogP contribution in [0.1, 0.15) is 19.8 Å². The largest absolute Gasteiger partial charge is 0.299 e. The van der Waals surface area contributed by atoms with Gasteiger partial charge in [0.2, 0.25) is 0 Å². The van der Waals surface area contributed by atoms with Gasteiger partial charge in [-0.1, -0.05) is 13.0 Å². The van der Waals surface area contributed by atoms with Gasteiger partial charge in [-0.2, -0.15) is 0 Å². The van der Waals surface area contributed by atoms with Gasteiger partial charge in [-0.15, -0.1) is 0 Å². The van der Waals surface area contributed by atoms with Gasteiger partial charge in [-0.05, 0) is 25.5 Å². The SMILES string of the molecule is CCCN1CC=[C]CC1. The molecule has 1 radical (unpaired) electrons. The van der Waals surface area contributed by atoms with Crippen LogP contribution in [0.4, 0.5) is 0 Å². The van der Waals surface area contributed by atoms with Gasteiger partial charge in [0.15, 0.2) is 0 Å². The normalized spacial score (nSPS) is 20.6. The molecular weight excluding hydrogens is 110 g/mol. The van der Waals surface area contributed by atoms with E-state index in [1.165, 1.54) is 19.5 Å². The first kappa shape index (κ1) is 6.81. The van der Waals surface area contributed by atoms with Gasteiger partial charge in [0.25, 0.3) is 0 Å². The van der Waals surface area contributed by atoms with E-state index in [9.17, 15) is 0 Å². The van der Waals surface area contributed by atoms with Gasteiger partial charge in [-0.25, -0.2) is 0 Å². The summed E-state index contributed by atoms with van der Waals surface area (Å²) in [6.07, 6.45) is 7.74. The van der Waals surface area contributed by atoms with Crippen molar-refractivity contribution in [1.82, 2.24) is 4.90 Å². The molecule has 0 atom stereocenters. The molecule has 1 nitrogen and oxygen atoms in total. The first-order valence-electron chi connectivity index (χ1n) is 3.71. The van der Waals surface area contributed by atoms with Crippen LogP contribution in [0.25, 0.3) is 0 Å². The third kappa shape index (κ3) is 2.19. The minimum Gasteiger partial charge on any atom is -0.299 e. The minimum atomic E-state index is 1.12. The fourth-order valence-corrected chi connectivity index (χ4v) is 1.13. The van der Waals surface area contributed by atoms with Crippen molar-refractivity contribution < 1.29 is 0 Å². The van der Waals surface area contributed by atoms with Crippen molar-refractivity contribution in [3.8, 4) is 0 Å². The molecule has 1 rings (SSSR count). The molecule has 0 saturated carbocycles. The van der Waals surface area contributed by atoms with E-state index in [1.807, 2.05) is 0 Å². The molecule has 0 fully saturated rings. The van der Waals surface area contributed by atoms with E-state index in [4.69, 9.17) is 0 Å². The van der Waals surface area contributed by atoms with Gasteiger partial charge in [-0.3, -0.25) is 4.90 Å². The van der Waals surface area contributed by atoms with Crippen LogP contribution in [-0.2, 0) is 0 Å². The molecule has 0 aromatic heterocycles. The zero-order valence-corrected chi connectivity index (χ0v) is 6.06. The highest BCUT2D eigenvalue weighted by atomic mass is 15.1. The van der Waals surface area contributed by atoms with E-state index in [2.05, 4.69) is 24.0 Å². The molecule has 1 aliphatic rings. The van der Waals surface area contributed by atoms with E-state index < -0.39 is 0 Å². The molecule has 1 heteroatoms. The monoisotopic (exact) mass is 124 g/mol. The maximum atomic E-state index is 3.21. The van der Waals surface area contributed by atoms with Crippen molar-refractivity contribution in [2.24, 2.45) is 0 Å². The minimum absolute atomic E-state index is 1.12. The summed E-state index contributed by atoms with van der Waals surface area (Å²) in [5.74, 6) is 0. The lowest BCUT2D eigenvalue weighted by atomic mass is 10.2. The Kier molecular flexibility index (Phi) is 2.78. The molecular formula is C8H14N. The Balaban J connectivity index is 2.18. The second-order valence-corrected chi connectivity index (χ2v) is 2.46. The first-order chi connectivity index (χ1) is 4.43. The number of hydrogen-bond donors (Lipinski definition) is 0. The Morgan fingerprint density at radius 2 is 2.56 bits per heavy atom. The summed E-state index contributed by atoms with van der Waals surface area (Å²) in [7, 11) is 0. The molecule has 51 valence electrons. The highest BCUT2D eigenvalue weighted by molar-refractivity contribution is 4.84. The summed E-state index contributed by atoms with van der Waals surface area (Å²) in [6, 6.07) is 0. The summed E-state index contributed by atoms with van der Waals surface area (Å²) in [4.78, 5) is 2.45. The van der Waals surface area contributed by atoms with Crippen molar-refractivity contribution in [3.63, 3.8) is 0 Å². The highest BCUT2D eigenvalue weighted by Crippen LogP contribution is 1.99. The average Bonchev–Trinajstić information content (AvgIpc) is 1.91. The Morgan fingerprint density at radius 1 is 1.67 bits per heavy atom. The molecule has 1 aliphatic heterocycles. The van der Waals surface area contributed by atoms with Crippen LogP contribution in [0.15, 0.2) is 6.08 Å². The van der Waals surface area contributed by atoms with Crippen LogP contribution in [0, 0.1) is 6.08 Å². The fourth-order valence-electron chi connectivity index (χ4n) is 1.13. The molecule has 0 N–H and O–H groups in total. The van der Waals surface area contributed by atoms with Crippen molar-refractivity contribution >= 4 is 0 Å². The molecule has 0 aliphatic carbocycles. The second-order valence-electron chi connectivity index (χ2n) is 2.46. The van der Waals surface area contributed by atoms with Gasteiger partial charge in [0.1, 0.15) is 0 Å². The van der Waals surface area contributed by atoms with E-state index in [0.29, 0.717) is 0 Å². The van der Waals surface area contributed by atoms with Gasteiger partial charge in [0.05, 0.1) is 0 Å². The summed E-state index contributed by atoms with van der Waals surface area (Å²) in [5.41, 5.74) is 0. The van der Waals surface area contributed by atoms with Gasteiger partial charge in [0, 0.05) is 13.1 Å². The van der Waals surface area contributed by atoms with Crippen molar-refractivity contribution in [2.45, 2.75) is 19.8 Å². The topological polar surface area (TPSA) is 3.24 Å². The van der Waals surface area contributed by atoms with E-state index in [-0.39, 0.29) is 0 Å².